The number of carbonyl (C=O) groups is 3. The van der Waals surface area contributed by atoms with Gasteiger partial charge in [0.2, 0.25) is 11.8 Å². The van der Waals surface area contributed by atoms with Gasteiger partial charge in [0.05, 0.1) is 13.1 Å². The minimum Gasteiger partial charge on any atom is -0.334 e. The second kappa shape index (κ2) is 11.2. The lowest BCUT2D eigenvalue weighted by Crippen LogP contribution is -2.77. The first kappa shape index (κ1) is 24.5. The molecule has 0 bridgehead atoms. The van der Waals surface area contributed by atoms with Crippen LogP contribution < -0.4 is 5.32 Å². The van der Waals surface area contributed by atoms with Crippen molar-refractivity contribution in [2.24, 2.45) is 0 Å². The summed E-state index contributed by atoms with van der Waals surface area (Å²) in [6.07, 6.45) is 7.49. The fourth-order valence-corrected chi connectivity index (χ4v) is 5.67. The number of likely N-dealkylation sites (N-methyl/N-ethyl adjacent to an activating group) is 1. The zero-order valence-corrected chi connectivity index (χ0v) is 20.6. The van der Waals surface area contributed by atoms with Crippen LogP contribution in [0.5, 0.6) is 0 Å². The molecule has 34 heavy (non-hydrogen) atoms. The maximum atomic E-state index is 13.7. The maximum Gasteiger partial charge on any atom is 0.334 e. The standard InChI is InChI=1S/C26H39N5O3/c1-3-5-16-22-25(33)29(21-14-10-7-11-15-21)18-23-30(22)24(32)19-28(4-2)31(23)26(34)27-17-20-12-8-6-9-13-20/h6,8-9,12-13,21-23H,3-5,7,10-11,14-19H2,1-2H3,(H,27,34)/t22-,23-/m0/s1. The normalized spacial score (nSPS) is 24.4. The number of hydrogen-bond donors (Lipinski definition) is 1. The van der Waals surface area contributed by atoms with E-state index in [1.165, 1.54) is 6.42 Å². The van der Waals surface area contributed by atoms with E-state index in [0.717, 1.165) is 44.1 Å². The van der Waals surface area contributed by atoms with Gasteiger partial charge >= 0.3 is 6.03 Å². The first-order chi connectivity index (χ1) is 16.5. The van der Waals surface area contributed by atoms with E-state index in [4.69, 9.17) is 0 Å². The zero-order valence-electron chi connectivity index (χ0n) is 20.6. The molecule has 0 aromatic heterocycles. The van der Waals surface area contributed by atoms with Crippen LogP contribution in [0.1, 0.15) is 70.8 Å². The molecule has 1 saturated carbocycles. The van der Waals surface area contributed by atoms with E-state index in [0.29, 0.717) is 26.1 Å². The van der Waals surface area contributed by atoms with Crippen LogP contribution in [-0.2, 0) is 16.1 Å². The lowest BCUT2D eigenvalue weighted by Gasteiger charge is -2.56. The van der Waals surface area contributed by atoms with E-state index in [1.54, 1.807) is 9.91 Å². The van der Waals surface area contributed by atoms with Gasteiger partial charge < -0.3 is 15.1 Å². The Kier molecular flexibility index (Phi) is 8.08. The number of nitrogens with one attached hydrogen (secondary N) is 1. The smallest absolute Gasteiger partial charge is 0.334 e. The summed E-state index contributed by atoms with van der Waals surface area (Å²) in [5.41, 5.74) is 1.02. The second-order valence-corrected chi connectivity index (χ2v) is 9.69. The Labute approximate surface area is 203 Å². The average Bonchev–Trinajstić information content (AvgIpc) is 2.87. The fourth-order valence-electron chi connectivity index (χ4n) is 5.67. The van der Waals surface area contributed by atoms with Crippen molar-refractivity contribution in [2.75, 3.05) is 19.6 Å². The largest absolute Gasteiger partial charge is 0.334 e. The van der Waals surface area contributed by atoms with Crippen LogP contribution in [0.15, 0.2) is 30.3 Å². The Bertz CT molecular complexity index is 857. The Balaban J connectivity index is 1.61. The maximum absolute atomic E-state index is 13.7. The van der Waals surface area contributed by atoms with Crippen molar-refractivity contribution in [1.29, 1.82) is 0 Å². The number of unbranched alkanes of at least 4 members (excludes halogenated alkanes) is 1. The molecule has 1 aromatic carbocycles. The average molecular weight is 470 g/mol. The van der Waals surface area contributed by atoms with Crippen LogP contribution in [0, 0.1) is 0 Å². The summed E-state index contributed by atoms with van der Waals surface area (Å²) in [6.45, 7) is 5.52. The highest BCUT2D eigenvalue weighted by Crippen LogP contribution is 2.32. The Morgan fingerprint density at radius 3 is 2.47 bits per heavy atom. The third-order valence-electron chi connectivity index (χ3n) is 7.48. The van der Waals surface area contributed by atoms with Crippen molar-refractivity contribution < 1.29 is 14.4 Å². The molecule has 1 aliphatic carbocycles. The summed E-state index contributed by atoms with van der Waals surface area (Å²) in [5.74, 6) is 0.0104. The van der Waals surface area contributed by atoms with Crippen LogP contribution in [0.3, 0.4) is 0 Å². The number of amides is 4. The number of piperazine rings is 1. The van der Waals surface area contributed by atoms with Gasteiger partial charge in [-0.3, -0.25) is 9.59 Å². The van der Waals surface area contributed by atoms with Gasteiger partial charge in [-0.25, -0.2) is 14.8 Å². The number of fused-ring (bicyclic) bond motifs is 1. The minimum atomic E-state index is -0.489. The van der Waals surface area contributed by atoms with E-state index in [1.807, 2.05) is 47.2 Å². The van der Waals surface area contributed by atoms with Crippen molar-refractivity contribution in [3.05, 3.63) is 35.9 Å². The van der Waals surface area contributed by atoms with Gasteiger partial charge in [0.1, 0.15) is 12.2 Å². The molecule has 2 heterocycles. The summed E-state index contributed by atoms with van der Waals surface area (Å²) in [4.78, 5) is 44.2. The Morgan fingerprint density at radius 1 is 1.06 bits per heavy atom. The Hall–Kier alpha value is -2.61. The molecule has 0 radical (unpaired) electrons. The first-order valence-corrected chi connectivity index (χ1v) is 13.0. The number of hydrogen-bond acceptors (Lipinski definition) is 4. The van der Waals surface area contributed by atoms with Crippen LogP contribution in [0.2, 0.25) is 0 Å². The molecule has 8 nitrogen and oxygen atoms in total. The number of benzene rings is 1. The monoisotopic (exact) mass is 469 g/mol. The molecule has 186 valence electrons. The van der Waals surface area contributed by atoms with Gasteiger partial charge in [-0.1, -0.05) is 76.3 Å². The minimum absolute atomic E-state index is 0.0586. The van der Waals surface area contributed by atoms with Crippen LogP contribution in [0.4, 0.5) is 4.79 Å². The van der Waals surface area contributed by atoms with Crippen LogP contribution in [0.25, 0.3) is 0 Å². The first-order valence-electron chi connectivity index (χ1n) is 13.0. The van der Waals surface area contributed by atoms with E-state index in [9.17, 15) is 14.4 Å². The van der Waals surface area contributed by atoms with Crippen molar-refractivity contribution >= 4 is 17.8 Å². The number of carbonyl (C=O) groups excluding carboxylic acids is 3. The summed E-state index contributed by atoms with van der Waals surface area (Å²) < 4.78 is 0. The van der Waals surface area contributed by atoms with Gasteiger partial charge in [-0.05, 0) is 24.8 Å². The van der Waals surface area contributed by atoms with Gasteiger partial charge in [0.15, 0.2) is 0 Å². The Morgan fingerprint density at radius 2 is 1.79 bits per heavy atom. The van der Waals surface area contributed by atoms with E-state index < -0.39 is 12.2 Å². The molecule has 4 rings (SSSR count). The van der Waals surface area contributed by atoms with Gasteiger partial charge in [0, 0.05) is 19.1 Å². The molecular weight excluding hydrogens is 430 g/mol. The third kappa shape index (κ3) is 5.06. The van der Waals surface area contributed by atoms with Crippen molar-refractivity contribution in [3.8, 4) is 0 Å². The quantitative estimate of drug-likeness (QED) is 0.665. The molecule has 4 amide bonds. The highest BCUT2D eigenvalue weighted by molar-refractivity contribution is 5.91. The predicted molar refractivity (Wildman–Crippen MR) is 130 cm³/mol. The van der Waals surface area contributed by atoms with Gasteiger partial charge in [0.25, 0.3) is 0 Å². The molecule has 8 heteroatoms. The summed E-state index contributed by atoms with van der Waals surface area (Å²) in [7, 11) is 0. The zero-order chi connectivity index (χ0) is 24.1. The van der Waals surface area contributed by atoms with E-state index in [2.05, 4.69) is 12.2 Å². The lowest BCUT2D eigenvalue weighted by atomic mass is 9.91. The highest BCUT2D eigenvalue weighted by atomic mass is 16.2. The number of hydrazine groups is 1. The molecule has 2 atom stereocenters. The summed E-state index contributed by atoms with van der Waals surface area (Å²) in [6, 6.07) is 9.31. The lowest BCUT2D eigenvalue weighted by molar-refractivity contribution is -0.193. The topological polar surface area (TPSA) is 76.2 Å². The summed E-state index contributed by atoms with van der Waals surface area (Å²) in [5, 5.41) is 6.59. The van der Waals surface area contributed by atoms with Gasteiger partial charge in [-0.2, -0.15) is 0 Å². The molecule has 3 fully saturated rings. The third-order valence-corrected chi connectivity index (χ3v) is 7.48. The molecule has 2 aliphatic heterocycles. The molecule has 2 saturated heterocycles. The molecular formula is C26H39N5O3. The van der Waals surface area contributed by atoms with E-state index >= 15 is 0 Å². The van der Waals surface area contributed by atoms with Crippen molar-refractivity contribution in [2.45, 2.75) is 90.0 Å². The second-order valence-electron chi connectivity index (χ2n) is 9.69. The van der Waals surface area contributed by atoms with Gasteiger partial charge in [-0.15, -0.1) is 0 Å². The molecule has 0 unspecified atom stereocenters. The number of rotatable bonds is 7. The highest BCUT2D eigenvalue weighted by Gasteiger charge is 2.51. The van der Waals surface area contributed by atoms with Crippen LogP contribution >= 0.6 is 0 Å². The molecule has 1 aromatic rings. The molecule has 1 N–H and O–H groups in total. The molecule has 0 spiro atoms. The summed E-state index contributed by atoms with van der Waals surface area (Å²) >= 11 is 0. The fraction of sp³-hybridized carbons (Fsp3) is 0.654. The molecule has 3 aliphatic rings. The number of urea groups is 1. The SMILES string of the molecule is CCCC[C@H]1C(=O)N(C2CCCCC2)C[C@H]2N1C(=O)CN(CC)N2C(=O)NCc1ccccc1. The van der Waals surface area contributed by atoms with E-state index in [-0.39, 0.29) is 30.4 Å². The predicted octanol–water partition coefficient (Wildman–Crippen LogP) is 3.34. The van der Waals surface area contributed by atoms with Crippen molar-refractivity contribution in [1.82, 2.24) is 25.1 Å². The number of nitrogens with zero attached hydrogens (tertiary/aromatic N) is 4. The van der Waals surface area contributed by atoms with Crippen LogP contribution in [-0.4, -0.2) is 75.5 Å². The van der Waals surface area contributed by atoms with Crippen molar-refractivity contribution in [3.63, 3.8) is 0 Å².